The van der Waals surface area contributed by atoms with Crippen molar-refractivity contribution in [1.82, 2.24) is 5.48 Å². The van der Waals surface area contributed by atoms with Crippen LogP contribution in [0.1, 0.15) is 40.0 Å². The van der Waals surface area contributed by atoms with Crippen molar-refractivity contribution in [3.63, 3.8) is 0 Å². The molecule has 0 amide bonds. The minimum Gasteiger partial charge on any atom is -0.508 e. The van der Waals surface area contributed by atoms with Crippen molar-refractivity contribution in [2.45, 2.75) is 40.0 Å². The van der Waals surface area contributed by atoms with E-state index >= 15 is 0 Å². The van der Waals surface area contributed by atoms with E-state index in [0.717, 1.165) is 25.0 Å². The molecule has 0 heterocycles. The number of ether oxygens (including phenoxy) is 1. The average Bonchev–Trinajstić information content (AvgIpc) is 2.43. The Morgan fingerprint density at radius 1 is 1.05 bits per heavy atom. The quantitative estimate of drug-likeness (QED) is 0.482. The Kier molecular flexibility index (Phi) is 8.46. The molecule has 0 saturated heterocycles. The van der Waals surface area contributed by atoms with Crippen LogP contribution in [0, 0.1) is 0 Å². The number of nitrogens with one attached hydrogen (secondary N) is 1. The van der Waals surface area contributed by atoms with E-state index in [4.69, 9.17) is 32.8 Å². The van der Waals surface area contributed by atoms with Crippen LogP contribution in [-0.2, 0) is 4.84 Å². The number of unbranched alkanes of at least 4 members (excludes halogenated alkanes) is 2. The lowest BCUT2D eigenvalue weighted by Gasteiger charge is -2.11. The second-order valence-corrected chi connectivity index (χ2v) is 6.04. The lowest BCUT2D eigenvalue weighted by Crippen LogP contribution is -2.14. The van der Waals surface area contributed by atoms with Crippen molar-refractivity contribution in [1.29, 1.82) is 0 Å². The Morgan fingerprint density at radius 2 is 1.64 bits per heavy atom. The number of aromatic hydroxyl groups is 1. The zero-order valence-electron chi connectivity index (χ0n) is 13.2. The van der Waals surface area contributed by atoms with Crippen molar-refractivity contribution in [2.24, 2.45) is 0 Å². The van der Waals surface area contributed by atoms with Gasteiger partial charge in [0.1, 0.15) is 5.75 Å². The van der Waals surface area contributed by atoms with Crippen LogP contribution in [-0.4, -0.2) is 18.3 Å². The van der Waals surface area contributed by atoms with Gasteiger partial charge in [-0.25, -0.2) is 0 Å². The molecule has 0 aromatic heterocycles. The first-order valence-electron chi connectivity index (χ1n) is 7.24. The van der Waals surface area contributed by atoms with E-state index in [-0.39, 0.29) is 5.75 Å². The highest BCUT2D eigenvalue weighted by atomic mass is 35.5. The fraction of sp³-hybridized carbons (Fsp3) is 0.500. The van der Waals surface area contributed by atoms with E-state index in [9.17, 15) is 5.11 Å². The topological polar surface area (TPSA) is 50.7 Å². The van der Waals surface area contributed by atoms with E-state index in [1.165, 1.54) is 17.7 Å². The summed E-state index contributed by atoms with van der Waals surface area (Å²) in [5.41, 5.74) is 5.16. The molecule has 6 heteroatoms. The number of hydroxylamine groups is 1. The zero-order chi connectivity index (χ0) is 16.5. The molecule has 0 saturated carbocycles. The molecular formula is C16H23Cl2NO3. The van der Waals surface area contributed by atoms with Gasteiger partial charge in [-0.1, -0.05) is 28.8 Å². The molecule has 2 N–H and O–H groups in total. The van der Waals surface area contributed by atoms with Gasteiger partial charge >= 0.3 is 0 Å². The van der Waals surface area contributed by atoms with Crippen LogP contribution in [0.5, 0.6) is 11.5 Å². The smallest absolute Gasteiger partial charge is 0.156 e. The predicted molar refractivity (Wildman–Crippen MR) is 90.6 cm³/mol. The summed E-state index contributed by atoms with van der Waals surface area (Å²) in [6.45, 7) is 7.20. The highest BCUT2D eigenvalue weighted by molar-refractivity contribution is 6.37. The SMILES string of the molecule is CC(C)=C(C)NOCCCCCOc1c(Cl)cc(O)cc1Cl. The van der Waals surface area contributed by atoms with Gasteiger partial charge in [-0.2, -0.15) is 0 Å². The largest absolute Gasteiger partial charge is 0.508 e. The van der Waals surface area contributed by atoms with E-state index in [0.29, 0.717) is 29.0 Å². The fourth-order valence-corrected chi connectivity index (χ4v) is 2.16. The van der Waals surface area contributed by atoms with Crippen LogP contribution in [0.25, 0.3) is 0 Å². The molecule has 0 atom stereocenters. The van der Waals surface area contributed by atoms with Crippen molar-refractivity contribution in [3.05, 3.63) is 33.4 Å². The average molecular weight is 348 g/mol. The van der Waals surface area contributed by atoms with Gasteiger partial charge < -0.3 is 9.84 Å². The van der Waals surface area contributed by atoms with Crippen molar-refractivity contribution < 1.29 is 14.7 Å². The Bertz CT molecular complexity index is 491. The normalized spacial score (nSPS) is 10.4. The maximum Gasteiger partial charge on any atom is 0.156 e. The zero-order valence-corrected chi connectivity index (χ0v) is 14.7. The second kappa shape index (κ2) is 9.82. The molecule has 0 fully saturated rings. The molecule has 1 aromatic rings. The van der Waals surface area contributed by atoms with Gasteiger partial charge in [0.05, 0.1) is 23.3 Å². The second-order valence-electron chi connectivity index (χ2n) is 5.22. The summed E-state index contributed by atoms with van der Waals surface area (Å²) in [5, 5.41) is 9.97. The van der Waals surface area contributed by atoms with Gasteiger partial charge in [0, 0.05) is 17.8 Å². The Labute approximate surface area is 142 Å². The van der Waals surface area contributed by atoms with Crippen molar-refractivity contribution >= 4 is 23.2 Å². The summed E-state index contributed by atoms with van der Waals surface area (Å²) in [6.07, 6.45) is 2.78. The molecule has 0 aliphatic heterocycles. The maximum atomic E-state index is 9.34. The number of allylic oxidation sites excluding steroid dienone is 2. The monoisotopic (exact) mass is 347 g/mol. The van der Waals surface area contributed by atoms with Gasteiger partial charge in [0.2, 0.25) is 0 Å². The summed E-state index contributed by atoms with van der Waals surface area (Å²) < 4.78 is 5.56. The highest BCUT2D eigenvalue weighted by Gasteiger charge is 2.09. The van der Waals surface area contributed by atoms with E-state index < -0.39 is 0 Å². The molecule has 0 spiro atoms. The molecule has 1 aromatic carbocycles. The number of rotatable bonds is 9. The van der Waals surface area contributed by atoms with E-state index in [2.05, 4.69) is 5.48 Å². The van der Waals surface area contributed by atoms with Gasteiger partial charge in [0.25, 0.3) is 0 Å². The summed E-state index contributed by atoms with van der Waals surface area (Å²) in [7, 11) is 0. The van der Waals surface area contributed by atoms with Gasteiger partial charge in [-0.15, -0.1) is 0 Å². The molecule has 0 aliphatic carbocycles. The summed E-state index contributed by atoms with van der Waals surface area (Å²) in [6, 6.07) is 2.82. The lowest BCUT2D eigenvalue weighted by atomic mass is 10.2. The number of hydrogen-bond donors (Lipinski definition) is 2. The molecule has 124 valence electrons. The molecule has 0 unspecified atom stereocenters. The number of hydrogen-bond acceptors (Lipinski definition) is 4. The van der Waals surface area contributed by atoms with Crippen LogP contribution in [0.2, 0.25) is 10.0 Å². The molecule has 0 aliphatic rings. The van der Waals surface area contributed by atoms with Gasteiger partial charge in [0.15, 0.2) is 5.75 Å². The first kappa shape index (κ1) is 18.9. The highest BCUT2D eigenvalue weighted by Crippen LogP contribution is 2.36. The van der Waals surface area contributed by atoms with E-state index in [1.807, 2.05) is 20.8 Å². The van der Waals surface area contributed by atoms with Crippen LogP contribution in [0.15, 0.2) is 23.4 Å². The molecule has 1 rings (SSSR count). The molecular weight excluding hydrogens is 325 g/mol. The molecule has 4 nitrogen and oxygen atoms in total. The third kappa shape index (κ3) is 6.77. The minimum atomic E-state index is 0.0265. The third-order valence-electron chi connectivity index (χ3n) is 3.10. The van der Waals surface area contributed by atoms with Gasteiger partial charge in [-0.3, -0.25) is 10.3 Å². The number of benzene rings is 1. The molecule has 0 bridgehead atoms. The Morgan fingerprint density at radius 3 is 2.23 bits per heavy atom. The molecule has 22 heavy (non-hydrogen) atoms. The lowest BCUT2D eigenvalue weighted by molar-refractivity contribution is 0.0587. The first-order chi connectivity index (χ1) is 10.4. The first-order valence-corrected chi connectivity index (χ1v) is 8.00. The van der Waals surface area contributed by atoms with Crippen molar-refractivity contribution in [2.75, 3.05) is 13.2 Å². The maximum absolute atomic E-state index is 9.34. The van der Waals surface area contributed by atoms with E-state index in [1.54, 1.807) is 0 Å². The van der Waals surface area contributed by atoms with Crippen LogP contribution < -0.4 is 10.2 Å². The fourth-order valence-electron chi connectivity index (χ4n) is 1.57. The van der Waals surface area contributed by atoms with Crippen LogP contribution in [0.4, 0.5) is 0 Å². The molecule has 0 radical (unpaired) electrons. The summed E-state index contributed by atoms with van der Waals surface area (Å²) >= 11 is 11.9. The Hall–Kier alpha value is -1.10. The van der Waals surface area contributed by atoms with Crippen molar-refractivity contribution in [3.8, 4) is 11.5 Å². The standard InChI is InChI=1S/C16H23Cl2NO3/c1-11(2)12(3)19-22-8-6-4-5-7-21-16-14(17)9-13(20)10-15(16)18/h9-10,19-20H,4-8H2,1-3H3. The summed E-state index contributed by atoms with van der Waals surface area (Å²) in [4.78, 5) is 5.35. The predicted octanol–water partition coefficient (Wildman–Crippen LogP) is 5.08. The van der Waals surface area contributed by atoms with Gasteiger partial charge in [-0.05, 0) is 40.0 Å². The summed E-state index contributed by atoms with van der Waals surface area (Å²) in [5.74, 6) is 0.442. The Balaban J connectivity index is 2.15. The van der Waals surface area contributed by atoms with Crippen LogP contribution >= 0.6 is 23.2 Å². The number of halogens is 2. The van der Waals surface area contributed by atoms with Crippen LogP contribution in [0.3, 0.4) is 0 Å². The third-order valence-corrected chi connectivity index (χ3v) is 3.66. The number of phenols is 1. The number of phenolic OH excluding ortho intramolecular Hbond substituents is 1. The minimum absolute atomic E-state index is 0.0265.